The van der Waals surface area contributed by atoms with E-state index in [9.17, 15) is 4.79 Å². The van der Waals surface area contributed by atoms with E-state index >= 15 is 0 Å². The van der Waals surface area contributed by atoms with E-state index in [2.05, 4.69) is 32.3 Å². The van der Waals surface area contributed by atoms with Crippen molar-refractivity contribution < 1.29 is 14.0 Å². The summed E-state index contributed by atoms with van der Waals surface area (Å²) < 4.78 is 10.8. The summed E-state index contributed by atoms with van der Waals surface area (Å²) in [5.41, 5.74) is -0.766. The van der Waals surface area contributed by atoms with Crippen molar-refractivity contribution in [3.05, 3.63) is 12.2 Å². The van der Waals surface area contributed by atoms with Crippen molar-refractivity contribution in [1.29, 1.82) is 0 Å². The molecule has 15 heavy (non-hydrogen) atoms. The molecule has 0 saturated carbocycles. The summed E-state index contributed by atoms with van der Waals surface area (Å²) in [4.78, 5) is 11.3. The summed E-state index contributed by atoms with van der Waals surface area (Å²) in [6.07, 6.45) is 0. The standard InChI is InChI=1S/C10H20O3SSi/c1-7(2)8(11)12-9(14)10(3,4)13-15(5)6/h9,14-15H,1H2,2-6H3. The van der Waals surface area contributed by atoms with Crippen LogP contribution in [0.4, 0.5) is 0 Å². The fourth-order valence-corrected chi connectivity index (χ4v) is 2.62. The molecule has 0 aromatic carbocycles. The van der Waals surface area contributed by atoms with Crippen LogP contribution >= 0.6 is 12.6 Å². The summed E-state index contributed by atoms with van der Waals surface area (Å²) >= 11 is 4.23. The molecule has 0 saturated heterocycles. The van der Waals surface area contributed by atoms with Crippen molar-refractivity contribution in [3.63, 3.8) is 0 Å². The third-order valence-electron chi connectivity index (χ3n) is 1.70. The maximum absolute atomic E-state index is 11.3. The number of ether oxygens (including phenoxy) is 1. The molecule has 0 rings (SSSR count). The number of thiol groups is 1. The smallest absolute Gasteiger partial charge is 0.334 e. The lowest BCUT2D eigenvalue weighted by molar-refractivity contribution is -0.146. The first-order valence-electron chi connectivity index (χ1n) is 4.89. The van der Waals surface area contributed by atoms with Gasteiger partial charge < -0.3 is 9.16 Å². The maximum Gasteiger partial charge on any atom is 0.334 e. The van der Waals surface area contributed by atoms with Gasteiger partial charge in [-0.25, -0.2) is 4.79 Å². The Morgan fingerprint density at radius 3 is 2.27 bits per heavy atom. The number of hydrogen-bond donors (Lipinski definition) is 1. The van der Waals surface area contributed by atoms with Crippen LogP contribution in [0.2, 0.25) is 13.1 Å². The Bertz CT molecular complexity index is 251. The first-order valence-corrected chi connectivity index (χ1v) is 8.19. The molecule has 0 aromatic heterocycles. The highest BCUT2D eigenvalue weighted by atomic mass is 32.1. The molecular weight excluding hydrogens is 228 g/mol. The van der Waals surface area contributed by atoms with Crippen LogP contribution in [0.25, 0.3) is 0 Å². The first-order chi connectivity index (χ1) is 6.66. The number of hydrogen-bond acceptors (Lipinski definition) is 4. The molecular formula is C10H20O3SSi. The Morgan fingerprint density at radius 1 is 1.47 bits per heavy atom. The zero-order valence-corrected chi connectivity index (χ0v) is 12.1. The van der Waals surface area contributed by atoms with Crippen LogP contribution in [0, 0.1) is 0 Å². The molecule has 1 unspecified atom stereocenters. The van der Waals surface area contributed by atoms with Gasteiger partial charge in [-0.1, -0.05) is 6.58 Å². The highest BCUT2D eigenvalue weighted by Crippen LogP contribution is 2.22. The summed E-state index contributed by atoms with van der Waals surface area (Å²) in [6.45, 7) is 13.0. The average molecular weight is 248 g/mol. The highest BCUT2D eigenvalue weighted by molar-refractivity contribution is 7.80. The van der Waals surface area contributed by atoms with Gasteiger partial charge in [-0.15, -0.1) is 12.6 Å². The van der Waals surface area contributed by atoms with Crippen LogP contribution in [-0.4, -0.2) is 26.0 Å². The van der Waals surface area contributed by atoms with Crippen LogP contribution in [0.1, 0.15) is 20.8 Å². The molecule has 3 nitrogen and oxygen atoms in total. The maximum atomic E-state index is 11.3. The lowest BCUT2D eigenvalue weighted by Crippen LogP contribution is -2.41. The lowest BCUT2D eigenvalue weighted by atomic mass is 10.1. The van der Waals surface area contributed by atoms with Crippen LogP contribution in [-0.2, 0) is 14.0 Å². The van der Waals surface area contributed by atoms with E-state index in [0.29, 0.717) is 5.57 Å². The molecule has 0 bridgehead atoms. The van der Waals surface area contributed by atoms with E-state index in [0.717, 1.165) is 0 Å². The van der Waals surface area contributed by atoms with Crippen LogP contribution in [0.5, 0.6) is 0 Å². The quantitative estimate of drug-likeness (QED) is 0.266. The Hall–Kier alpha value is -0.263. The Kier molecular flexibility index (Phi) is 5.62. The Balaban J connectivity index is 4.36. The average Bonchev–Trinajstić information content (AvgIpc) is 2.01. The van der Waals surface area contributed by atoms with E-state index in [4.69, 9.17) is 9.16 Å². The minimum atomic E-state index is -1.18. The van der Waals surface area contributed by atoms with E-state index in [1.807, 2.05) is 13.8 Å². The van der Waals surface area contributed by atoms with E-state index in [1.54, 1.807) is 6.92 Å². The fourth-order valence-electron chi connectivity index (χ4n) is 1.01. The predicted octanol–water partition coefficient (Wildman–Crippen LogP) is 2.14. The molecule has 0 aromatic rings. The van der Waals surface area contributed by atoms with Gasteiger partial charge in [0.25, 0.3) is 0 Å². The second-order valence-corrected chi connectivity index (χ2v) is 7.11. The number of carbonyl (C=O) groups is 1. The van der Waals surface area contributed by atoms with Gasteiger partial charge in [-0.05, 0) is 33.9 Å². The molecule has 0 amide bonds. The van der Waals surface area contributed by atoms with Gasteiger partial charge in [0.1, 0.15) is 0 Å². The number of esters is 1. The summed E-state index contributed by atoms with van der Waals surface area (Å²) in [5, 5.41) is 0. The zero-order chi connectivity index (χ0) is 12.2. The van der Waals surface area contributed by atoms with Gasteiger partial charge in [0.05, 0.1) is 5.60 Å². The third-order valence-corrected chi connectivity index (χ3v) is 3.51. The van der Waals surface area contributed by atoms with Crippen molar-refractivity contribution >= 4 is 27.6 Å². The Labute approximate surface area is 99.0 Å². The van der Waals surface area contributed by atoms with Crippen molar-refractivity contribution in [2.75, 3.05) is 0 Å². The van der Waals surface area contributed by atoms with Crippen LogP contribution < -0.4 is 0 Å². The number of carbonyl (C=O) groups excluding carboxylic acids is 1. The molecule has 0 heterocycles. The second kappa shape index (κ2) is 5.72. The van der Waals surface area contributed by atoms with Crippen molar-refractivity contribution in [2.24, 2.45) is 0 Å². The summed E-state index contributed by atoms with van der Waals surface area (Å²) in [6, 6.07) is 0. The van der Waals surface area contributed by atoms with E-state index in [1.165, 1.54) is 0 Å². The van der Waals surface area contributed by atoms with Gasteiger partial charge in [0, 0.05) is 5.57 Å². The topological polar surface area (TPSA) is 35.5 Å². The molecule has 5 heteroatoms. The molecule has 0 aliphatic rings. The van der Waals surface area contributed by atoms with Gasteiger partial charge in [-0.2, -0.15) is 0 Å². The highest BCUT2D eigenvalue weighted by Gasteiger charge is 2.31. The minimum absolute atomic E-state index is 0.367. The molecule has 0 aliphatic carbocycles. The normalized spacial score (nSPS) is 13.8. The molecule has 0 N–H and O–H groups in total. The summed E-state index contributed by atoms with van der Waals surface area (Å²) in [5.74, 6) is -0.433. The second-order valence-electron chi connectivity index (χ2n) is 4.31. The van der Waals surface area contributed by atoms with Gasteiger partial charge in [-0.3, -0.25) is 0 Å². The molecule has 1 atom stereocenters. The fraction of sp³-hybridized carbons (Fsp3) is 0.700. The van der Waals surface area contributed by atoms with E-state index in [-0.39, 0.29) is 0 Å². The molecule has 0 fully saturated rings. The molecule has 0 radical (unpaired) electrons. The van der Waals surface area contributed by atoms with Gasteiger partial charge >= 0.3 is 5.97 Å². The third kappa shape index (κ3) is 5.39. The molecule has 0 aliphatic heterocycles. The van der Waals surface area contributed by atoms with Crippen LogP contribution in [0.3, 0.4) is 0 Å². The van der Waals surface area contributed by atoms with Crippen molar-refractivity contribution in [3.8, 4) is 0 Å². The SMILES string of the molecule is C=C(C)C(=O)OC(S)C(C)(C)O[SiH](C)C. The van der Waals surface area contributed by atoms with E-state index < -0.39 is 26.0 Å². The van der Waals surface area contributed by atoms with Gasteiger partial charge in [0.15, 0.2) is 14.5 Å². The number of rotatable bonds is 5. The molecule has 0 spiro atoms. The Morgan fingerprint density at radius 2 is 1.93 bits per heavy atom. The predicted molar refractivity (Wildman–Crippen MR) is 67.7 cm³/mol. The largest absolute Gasteiger partial charge is 0.445 e. The first kappa shape index (κ1) is 14.7. The van der Waals surface area contributed by atoms with Crippen molar-refractivity contribution in [1.82, 2.24) is 0 Å². The zero-order valence-electron chi connectivity index (χ0n) is 10.0. The van der Waals surface area contributed by atoms with Crippen molar-refractivity contribution in [2.45, 2.75) is 44.9 Å². The van der Waals surface area contributed by atoms with Crippen LogP contribution in [0.15, 0.2) is 12.2 Å². The minimum Gasteiger partial charge on any atom is -0.445 e. The lowest BCUT2D eigenvalue weighted by Gasteiger charge is -2.32. The monoisotopic (exact) mass is 248 g/mol. The van der Waals surface area contributed by atoms with Gasteiger partial charge in [0.2, 0.25) is 0 Å². The summed E-state index contributed by atoms with van der Waals surface area (Å²) in [7, 11) is -1.18. The molecule has 88 valence electrons.